The van der Waals surface area contributed by atoms with Gasteiger partial charge in [0.15, 0.2) is 5.16 Å². The maximum atomic E-state index is 13.0. The fraction of sp³-hybridized carbons (Fsp3) is 0.273. The van der Waals surface area contributed by atoms with Crippen LogP contribution in [0.1, 0.15) is 19.4 Å². The molecule has 1 unspecified atom stereocenters. The lowest BCUT2D eigenvalue weighted by Crippen LogP contribution is -2.33. The molecule has 1 atom stereocenters. The van der Waals surface area contributed by atoms with Crippen LogP contribution < -0.4 is 9.62 Å². The van der Waals surface area contributed by atoms with E-state index in [1.807, 2.05) is 25.3 Å². The molecule has 2 aliphatic heterocycles. The molecule has 0 spiro atoms. The van der Waals surface area contributed by atoms with Crippen molar-refractivity contribution in [3.63, 3.8) is 0 Å². The highest BCUT2D eigenvalue weighted by Crippen LogP contribution is 2.35. The van der Waals surface area contributed by atoms with Crippen LogP contribution in [-0.2, 0) is 27.8 Å². The van der Waals surface area contributed by atoms with Gasteiger partial charge < -0.3 is 9.47 Å². The van der Waals surface area contributed by atoms with Crippen LogP contribution in [0.25, 0.3) is 11.3 Å². The SMILES string of the molecule is CC(=O)N1c2ccc(S(=O)(=O)Nc3cccc(-c4cn5c(n4)SCC5)c3)cc2CC1C. The number of benzene rings is 2. The van der Waals surface area contributed by atoms with E-state index in [0.29, 0.717) is 12.1 Å². The van der Waals surface area contributed by atoms with Gasteiger partial charge in [-0.2, -0.15) is 0 Å². The number of amides is 1. The van der Waals surface area contributed by atoms with Gasteiger partial charge in [-0.25, -0.2) is 13.4 Å². The highest BCUT2D eigenvalue weighted by Gasteiger charge is 2.30. The Morgan fingerprint density at radius 3 is 2.84 bits per heavy atom. The van der Waals surface area contributed by atoms with E-state index in [2.05, 4.69) is 14.3 Å². The summed E-state index contributed by atoms with van der Waals surface area (Å²) in [4.78, 5) is 18.5. The molecule has 7 nitrogen and oxygen atoms in total. The minimum atomic E-state index is -3.77. The predicted molar refractivity (Wildman–Crippen MR) is 122 cm³/mol. The van der Waals surface area contributed by atoms with E-state index < -0.39 is 10.0 Å². The lowest BCUT2D eigenvalue weighted by atomic mass is 10.1. The topological polar surface area (TPSA) is 84.3 Å². The molecule has 5 rings (SSSR count). The number of hydrogen-bond acceptors (Lipinski definition) is 5. The summed E-state index contributed by atoms with van der Waals surface area (Å²) in [5.74, 6) is 0.993. The van der Waals surface area contributed by atoms with Crippen LogP contribution in [0.4, 0.5) is 11.4 Å². The van der Waals surface area contributed by atoms with Crippen molar-refractivity contribution in [2.24, 2.45) is 0 Å². The van der Waals surface area contributed by atoms with E-state index in [9.17, 15) is 13.2 Å². The van der Waals surface area contributed by atoms with E-state index in [-0.39, 0.29) is 16.8 Å². The predicted octanol–water partition coefficient (Wildman–Crippen LogP) is 3.75. The fourth-order valence-electron chi connectivity index (χ4n) is 4.26. The third-order valence-corrected chi connectivity index (χ3v) is 7.98. The molecule has 31 heavy (non-hydrogen) atoms. The number of anilines is 2. The monoisotopic (exact) mass is 454 g/mol. The molecule has 0 saturated heterocycles. The van der Waals surface area contributed by atoms with Gasteiger partial charge in [0.25, 0.3) is 10.0 Å². The molecule has 1 amide bonds. The Bertz CT molecular complexity index is 1280. The van der Waals surface area contributed by atoms with Gasteiger partial charge in [-0.05, 0) is 49.2 Å². The van der Waals surface area contributed by atoms with Crippen LogP contribution in [0, 0.1) is 0 Å². The first-order chi connectivity index (χ1) is 14.8. The number of aryl methyl sites for hydroxylation is 1. The van der Waals surface area contributed by atoms with E-state index in [4.69, 9.17) is 0 Å². The molecule has 0 aliphatic carbocycles. The van der Waals surface area contributed by atoms with Crippen molar-refractivity contribution in [2.75, 3.05) is 15.4 Å². The van der Waals surface area contributed by atoms with Crippen molar-refractivity contribution < 1.29 is 13.2 Å². The summed E-state index contributed by atoms with van der Waals surface area (Å²) in [5, 5.41) is 0.993. The number of nitrogens with zero attached hydrogens (tertiary/aromatic N) is 3. The first-order valence-electron chi connectivity index (χ1n) is 10.1. The van der Waals surface area contributed by atoms with Gasteiger partial charge in [0.2, 0.25) is 5.91 Å². The minimum absolute atomic E-state index is 0.0183. The van der Waals surface area contributed by atoms with Gasteiger partial charge in [0.1, 0.15) is 0 Å². The van der Waals surface area contributed by atoms with Gasteiger partial charge in [-0.15, -0.1) is 0 Å². The largest absolute Gasteiger partial charge is 0.325 e. The fourth-order valence-corrected chi connectivity index (χ4v) is 6.30. The molecule has 2 aromatic carbocycles. The van der Waals surface area contributed by atoms with E-state index >= 15 is 0 Å². The van der Waals surface area contributed by atoms with Crippen molar-refractivity contribution in [3.05, 3.63) is 54.2 Å². The van der Waals surface area contributed by atoms with Gasteiger partial charge >= 0.3 is 0 Å². The zero-order valence-corrected chi connectivity index (χ0v) is 18.8. The van der Waals surface area contributed by atoms with Crippen molar-refractivity contribution >= 4 is 39.1 Å². The standard InChI is InChI=1S/C22H22N4O3S2/c1-14-10-17-12-19(6-7-21(17)26(14)15(2)27)31(28,29)24-18-5-3-4-16(11-18)20-13-25-8-9-30-22(25)23-20/h3-7,11-14,24H,8-10H2,1-2H3. The van der Waals surface area contributed by atoms with Crippen LogP contribution in [0.3, 0.4) is 0 Å². The molecule has 0 fully saturated rings. The number of thioether (sulfide) groups is 1. The highest BCUT2D eigenvalue weighted by molar-refractivity contribution is 7.99. The third-order valence-electron chi connectivity index (χ3n) is 5.63. The molecule has 9 heteroatoms. The van der Waals surface area contributed by atoms with Gasteiger partial charge in [0.05, 0.1) is 10.6 Å². The molecule has 3 heterocycles. The van der Waals surface area contributed by atoms with E-state index in [0.717, 1.165) is 40.0 Å². The van der Waals surface area contributed by atoms with E-state index in [1.165, 1.54) is 6.92 Å². The highest BCUT2D eigenvalue weighted by atomic mass is 32.2. The van der Waals surface area contributed by atoms with Crippen LogP contribution >= 0.6 is 11.8 Å². The summed E-state index contributed by atoms with van der Waals surface area (Å²) in [6, 6.07) is 12.2. The number of fused-ring (bicyclic) bond motifs is 2. The normalized spacial score (nSPS) is 17.5. The van der Waals surface area contributed by atoms with Crippen molar-refractivity contribution in [1.29, 1.82) is 0 Å². The zero-order valence-electron chi connectivity index (χ0n) is 17.2. The Morgan fingerprint density at radius 1 is 1.23 bits per heavy atom. The maximum absolute atomic E-state index is 13.0. The third kappa shape index (κ3) is 3.61. The summed E-state index contributed by atoms with van der Waals surface area (Å²) in [6.45, 7) is 4.43. The number of aromatic nitrogens is 2. The average Bonchev–Trinajstić information content (AvgIpc) is 3.39. The number of imidazole rings is 1. The molecule has 1 aromatic heterocycles. The second-order valence-electron chi connectivity index (χ2n) is 7.87. The van der Waals surface area contributed by atoms with Crippen molar-refractivity contribution in [3.8, 4) is 11.3 Å². The Balaban J connectivity index is 1.41. The number of hydrogen-bond donors (Lipinski definition) is 1. The zero-order chi connectivity index (χ0) is 21.8. The molecule has 0 saturated carbocycles. The molecule has 1 N–H and O–H groups in total. The summed E-state index contributed by atoms with van der Waals surface area (Å²) >= 11 is 1.72. The van der Waals surface area contributed by atoms with Crippen LogP contribution in [0.5, 0.6) is 0 Å². The summed E-state index contributed by atoms with van der Waals surface area (Å²) in [7, 11) is -3.77. The number of carbonyl (C=O) groups excluding carboxylic acids is 1. The number of carbonyl (C=O) groups is 1. The van der Waals surface area contributed by atoms with Gasteiger partial charge in [-0.3, -0.25) is 9.52 Å². The van der Waals surface area contributed by atoms with Crippen LogP contribution in [0.15, 0.2) is 58.7 Å². The summed E-state index contributed by atoms with van der Waals surface area (Å²) in [5.41, 5.74) is 3.83. The van der Waals surface area contributed by atoms with Crippen LogP contribution in [0.2, 0.25) is 0 Å². The van der Waals surface area contributed by atoms with Crippen LogP contribution in [-0.4, -0.2) is 35.7 Å². The molecular weight excluding hydrogens is 432 g/mol. The van der Waals surface area contributed by atoms with Gasteiger partial charge in [0, 0.05) is 48.4 Å². The molecule has 0 radical (unpaired) electrons. The lowest BCUT2D eigenvalue weighted by molar-refractivity contribution is -0.116. The molecule has 2 aliphatic rings. The quantitative estimate of drug-likeness (QED) is 0.649. The molecule has 160 valence electrons. The molecule has 0 bridgehead atoms. The Kier molecular flexibility index (Phi) is 4.82. The minimum Gasteiger partial charge on any atom is -0.325 e. The van der Waals surface area contributed by atoms with E-state index in [1.54, 1.807) is 47.0 Å². The maximum Gasteiger partial charge on any atom is 0.261 e. The molecular formula is C22H22N4O3S2. The lowest BCUT2D eigenvalue weighted by Gasteiger charge is -2.20. The Morgan fingerprint density at radius 2 is 2.06 bits per heavy atom. The second-order valence-corrected chi connectivity index (χ2v) is 10.6. The first-order valence-corrected chi connectivity index (χ1v) is 12.5. The Hall–Kier alpha value is -2.78. The smallest absolute Gasteiger partial charge is 0.261 e. The van der Waals surface area contributed by atoms with Gasteiger partial charge in [-0.1, -0.05) is 23.9 Å². The number of rotatable bonds is 4. The summed E-state index contributed by atoms with van der Waals surface area (Å²) < 4.78 is 30.9. The Labute approximate surface area is 185 Å². The summed E-state index contributed by atoms with van der Waals surface area (Å²) in [6.07, 6.45) is 2.64. The van der Waals surface area contributed by atoms with Crippen molar-refractivity contribution in [1.82, 2.24) is 9.55 Å². The average molecular weight is 455 g/mol. The number of sulfonamides is 1. The van der Waals surface area contributed by atoms with Crippen molar-refractivity contribution in [2.45, 2.75) is 42.9 Å². The second kappa shape index (κ2) is 7.42. The molecule has 3 aromatic rings. The first kappa shape index (κ1) is 20.1. The number of nitrogens with one attached hydrogen (secondary N) is 1.